The van der Waals surface area contributed by atoms with E-state index in [4.69, 9.17) is 0 Å². The Bertz CT molecular complexity index is 613. The number of carbonyl (C=O) groups is 1. The van der Waals surface area contributed by atoms with Gasteiger partial charge in [0, 0.05) is 41.8 Å². The Kier molecular flexibility index (Phi) is 4.25. The van der Waals surface area contributed by atoms with Crippen LogP contribution in [0.5, 0.6) is 0 Å². The molecule has 1 unspecified atom stereocenters. The van der Waals surface area contributed by atoms with Gasteiger partial charge in [0.25, 0.3) is 5.91 Å². The first-order chi connectivity index (χ1) is 10.3. The second kappa shape index (κ2) is 6.31. The number of amides is 1. The standard InChI is InChI=1S/C17H23N3O/c1-2-20(12-15-5-3-4-9-18-15)17(21)14-6-7-16-13(11-14)8-10-19-16/h6-8,10-11,15,18-19H,2-5,9,12H2,1H3. The Hall–Kier alpha value is -1.81. The third kappa shape index (κ3) is 3.10. The number of H-pyrrole nitrogens is 1. The molecule has 1 aliphatic heterocycles. The molecule has 1 aromatic heterocycles. The second-order valence-corrected chi connectivity index (χ2v) is 5.77. The number of hydrogen-bond acceptors (Lipinski definition) is 2. The number of nitrogens with one attached hydrogen (secondary N) is 2. The first-order valence-corrected chi connectivity index (χ1v) is 7.87. The van der Waals surface area contributed by atoms with Crippen molar-refractivity contribution in [1.29, 1.82) is 0 Å². The van der Waals surface area contributed by atoms with Crippen LogP contribution in [-0.2, 0) is 0 Å². The smallest absolute Gasteiger partial charge is 0.253 e. The van der Waals surface area contributed by atoms with Gasteiger partial charge in [-0.05, 0) is 50.6 Å². The highest BCUT2D eigenvalue weighted by Gasteiger charge is 2.20. The highest BCUT2D eigenvalue weighted by Crippen LogP contribution is 2.17. The van der Waals surface area contributed by atoms with Gasteiger partial charge in [-0.3, -0.25) is 4.79 Å². The Balaban J connectivity index is 1.74. The summed E-state index contributed by atoms with van der Waals surface area (Å²) in [4.78, 5) is 17.8. The third-order valence-corrected chi connectivity index (χ3v) is 4.32. The molecule has 2 aromatic rings. The topological polar surface area (TPSA) is 48.1 Å². The van der Waals surface area contributed by atoms with Gasteiger partial charge in [0.2, 0.25) is 0 Å². The van der Waals surface area contributed by atoms with Crippen LogP contribution >= 0.6 is 0 Å². The van der Waals surface area contributed by atoms with Crippen molar-refractivity contribution in [2.75, 3.05) is 19.6 Å². The first kappa shape index (κ1) is 14.1. The molecule has 1 fully saturated rings. The number of fused-ring (bicyclic) bond motifs is 1. The monoisotopic (exact) mass is 285 g/mol. The van der Waals surface area contributed by atoms with Crippen molar-refractivity contribution in [3.63, 3.8) is 0 Å². The van der Waals surface area contributed by atoms with Crippen molar-refractivity contribution in [1.82, 2.24) is 15.2 Å². The maximum absolute atomic E-state index is 12.7. The highest BCUT2D eigenvalue weighted by atomic mass is 16.2. The quantitative estimate of drug-likeness (QED) is 0.907. The minimum atomic E-state index is 0.132. The zero-order valence-electron chi connectivity index (χ0n) is 12.6. The van der Waals surface area contributed by atoms with Crippen LogP contribution in [0.25, 0.3) is 10.9 Å². The van der Waals surface area contributed by atoms with Crippen molar-refractivity contribution in [2.24, 2.45) is 0 Å². The molecule has 1 aromatic carbocycles. The van der Waals surface area contributed by atoms with Crippen molar-refractivity contribution in [2.45, 2.75) is 32.2 Å². The maximum atomic E-state index is 12.7. The molecule has 1 atom stereocenters. The Morgan fingerprint density at radius 2 is 2.24 bits per heavy atom. The SMILES string of the molecule is CCN(CC1CCCCN1)C(=O)c1ccc2[nH]ccc2c1. The van der Waals surface area contributed by atoms with Gasteiger partial charge in [-0.25, -0.2) is 0 Å². The van der Waals surface area contributed by atoms with Gasteiger partial charge in [0.15, 0.2) is 0 Å². The minimum Gasteiger partial charge on any atom is -0.361 e. The summed E-state index contributed by atoms with van der Waals surface area (Å²) in [6, 6.07) is 8.32. The van der Waals surface area contributed by atoms with Crippen molar-refractivity contribution < 1.29 is 4.79 Å². The third-order valence-electron chi connectivity index (χ3n) is 4.32. The summed E-state index contributed by atoms with van der Waals surface area (Å²) >= 11 is 0. The fourth-order valence-corrected chi connectivity index (χ4v) is 3.07. The fraction of sp³-hybridized carbons (Fsp3) is 0.471. The molecule has 21 heavy (non-hydrogen) atoms. The number of benzene rings is 1. The lowest BCUT2D eigenvalue weighted by atomic mass is 10.0. The van der Waals surface area contributed by atoms with Crippen LogP contribution in [0.1, 0.15) is 36.5 Å². The van der Waals surface area contributed by atoms with E-state index in [2.05, 4.69) is 17.2 Å². The molecule has 2 heterocycles. The number of likely N-dealkylation sites (N-methyl/N-ethyl adjacent to an activating group) is 1. The van der Waals surface area contributed by atoms with Crippen molar-refractivity contribution >= 4 is 16.8 Å². The van der Waals surface area contributed by atoms with Gasteiger partial charge in [-0.1, -0.05) is 6.42 Å². The highest BCUT2D eigenvalue weighted by molar-refractivity contribution is 5.98. The van der Waals surface area contributed by atoms with E-state index >= 15 is 0 Å². The summed E-state index contributed by atoms with van der Waals surface area (Å²) in [7, 11) is 0. The van der Waals surface area contributed by atoms with Crippen LogP contribution in [0, 0.1) is 0 Å². The van der Waals surface area contributed by atoms with E-state index in [-0.39, 0.29) is 5.91 Å². The summed E-state index contributed by atoms with van der Waals surface area (Å²) in [5, 5.41) is 4.61. The number of aromatic nitrogens is 1. The molecule has 0 bridgehead atoms. The van der Waals surface area contributed by atoms with Crippen LogP contribution in [0.4, 0.5) is 0 Å². The molecule has 3 rings (SSSR count). The van der Waals surface area contributed by atoms with Crippen LogP contribution in [-0.4, -0.2) is 41.5 Å². The summed E-state index contributed by atoms with van der Waals surface area (Å²) in [6.45, 7) is 4.68. The predicted octanol–water partition coefficient (Wildman–Crippen LogP) is 2.77. The van der Waals surface area contributed by atoms with Crippen LogP contribution in [0.2, 0.25) is 0 Å². The van der Waals surface area contributed by atoms with Crippen molar-refractivity contribution in [3.8, 4) is 0 Å². The van der Waals surface area contributed by atoms with Crippen molar-refractivity contribution in [3.05, 3.63) is 36.0 Å². The minimum absolute atomic E-state index is 0.132. The molecule has 4 nitrogen and oxygen atoms in total. The normalized spacial score (nSPS) is 18.8. The molecular weight excluding hydrogens is 262 g/mol. The summed E-state index contributed by atoms with van der Waals surface area (Å²) in [5.74, 6) is 0.132. The van der Waals surface area contributed by atoms with E-state index in [0.29, 0.717) is 6.04 Å². The summed E-state index contributed by atoms with van der Waals surface area (Å²) in [6.07, 6.45) is 5.59. The average Bonchev–Trinajstić information content (AvgIpc) is 3.00. The zero-order chi connectivity index (χ0) is 14.7. The Morgan fingerprint density at radius 1 is 1.33 bits per heavy atom. The molecule has 0 aliphatic carbocycles. The largest absolute Gasteiger partial charge is 0.361 e. The number of rotatable bonds is 4. The molecule has 0 radical (unpaired) electrons. The predicted molar refractivity (Wildman–Crippen MR) is 85.5 cm³/mol. The van der Waals surface area contributed by atoms with E-state index in [0.717, 1.165) is 36.1 Å². The molecule has 0 spiro atoms. The molecule has 112 valence electrons. The maximum Gasteiger partial charge on any atom is 0.253 e. The number of carbonyl (C=O) groups excluding carboxylic acids is 1. The molecule has 1 amide bonds. The van der Waals surface area contributed by atoms with Gasteiger partial charge >= 0.3 is 0 Å². The van der Waals surface area contributed by atoms with Gasteiger partial charge < -0.3 is 15.2 Å². The van der Waals surface area contributed by atoms with E-state index < -0.39 is 0 Å². The van der Waals surface area contributed by atoms with E-state index in [1.54, 1.807) is 0 Å². The molecular formula is C17H23N3O. The fourth-order valence-electron chi connectivity index (χ4n) is 3.07. The van der Waals surface area contributed by atoms with Crippen LogP contribution in [0.3, 0.4) is 0 Å². The number of aromatic amines is 1. The van der Waals surface area contributed by atoms with Gasteiger partial charge in [-0.2, -0.15) is 0 Å². The number of nitrogens with zero attached hydrogens (tertiary/aromatic N) is 1. The molecule has 1 aliphatic rings. The molecule has 2 N–H and O–H groups in total. The lowest BCUT2D eigenvalue weighted by Crippen LogP contribution is -2.45. The van der Waals surface area contributed by atoms with Gasteiger partial charge in [-0.15, -0.1) is 0 Å². The van der Waals surface area contributed by atoms with Crippen LogP contribution < -0.4 is 5.32 Å². The Morgan fingerprint density at radius 3 is 3.00 bits per heavy atom. The first-order valence-electron chi connectivity index (χ1n) is 7.87. The van der Waals surface area contributed by atoms with E-state index in [9.17, 15) is 4.79 Å². The molecule has 4 heteroatoms. The average molecular weight is 285 g/mol. The number of piperidine rings is 1. The zero-order valence-corrected chi connectivity index (χ0v) is 12.6. The second-order valence-electron chi connectivity index (χ2n) is 5.77. The summed E-state index contributed by atoms with van der Waals surface area (Å²) < 4.78 is 0. The van der Waals surface area contributed by atoms with E-state index in [1.165, 1.54) is 19.3 Å². The van der Waals surface area contributed by atoms with Gasteiger partial charge in [0.05, 0.1) is 0 Å². The number of hydrogen-bond donors (Lipinski definition) is 2. The summed E-state index contributed by atoms with van der Waals surface area (Å²) in [5.41, 5.74) is 1.85. The lowest BCUT2D eigenvalue weighted by molar-refractivity contribution is 0.0741. The van der Waals surface area contributed by atoms with Gasteiger partial charge in [0.1, 0.15) is 0 Å². The van der Waals surface area contributed by atoms with E-state index in [1.807, 2.05) is 35.4 Å². The Labute approximate surface area is 125 Å². The molecule has 1 saturated heterocycles. The lowest BCUT2D eigenvalue weighted by Gasteiger charge is -2.30. The van der Waals surface area contributed by atoms with Crippen LogP contribution in [0.15, 0.2) is 30.5 Å². The molecule has 0 saturated carbocycles.